The number of nitrogens with zero attached hydrogens (tertiary/aromatic N) is 4. The van der Waals surface area contributed by atoms with E-state index < -0.39 is 16.7 Å². The average Bonchev–Trinajstić information content (AvgIpc) is 2.70. The van der Waals surface area contributed by atoms with Crippen LogP contribution in [0.3, 0.4) is 0 Å². The Labute approximate surface area is 129 Å². The Morgan fingerprint density at radius 2 is 1.76 bits per heavy atom. The molecular formula is C13H17BrN4O3. The third kappa shape index (κ3) is 2.48. The van der Waals surface area contributed by atoms with Gasteiger partial charge in [-0.25, -0.2) is 9.78 Å². The van der Waals surface area contributed by atoms with Gasteiger partial charge < -0.3 is 0 Å². The highest BCUT2D eigenvalue weighted by atomic mass is 79.9. The van der Waals surface area contributed by atoms with Gasteiger partial charge in [0.25, 0.3) is 5.56 Å². The highest BCUT2D eigenvalue weighted by Crippen LogP contribution is 2.21. The standard InChI is InChI=1S/C13H17BrN4O3/c1-13(2,3)7(19)6-18-9-8(15-11(18)14)10(20)17(5)12(21)16(9)4/h6H2,1-5H3. The summed E-state index contributed by atoms with van der Waals surface area (Å²) < 4.78 is 4.22. The summed E-state index contributed by atoms with van der Waals surface area (Å²) in [4.78, 5) is 40.5. The van der Waals surface area contributed by atoms with Crippen molar-refractivity contribution in [1.82, 2.24) is 18.7 Å². The number of hydrogen-bond donors (Lipinski definition) is 0. The Morgan fingerprint density at radius 3 is 2.29 bits per heavy atom. The van der Waals surface area contributed by atoms with Gasteiger partial charge in [-0.05, 0) is 15.9 Å². The summed E-state index contributed by atoms with van der Waals surface area (Å²) in [6.07, 6.45) is 0. The lowest BCUT2D eigenvalue weighted by molar-refractivity contribution is -0.126. The van der Waals surface area contributed by atoms with Gasteiger partial charge >= 0.3 is 5.69 Å². The predicted molar refractivity (Wildman–Crippen MR) is 82.4 cm³/mol. The maximum absolute atomic E-state index is 12.2. The van der Waals surface area contributed by atoms with E-state index in [1.165, 1.54) is 11.6 Å². The second-order valence-electron chi connectivity index (χ2n) is 6.02. The second-order valence-corrected chi connectivity index (χ2v) is 6.73. The van der Waals surface area contributed by atoms with Gasteiger partial charge in [0.05, 0.1) is 6.54 Å². The summed E-state index contributed by atoms with van der Waals surface area (Å²) in [6.45, 7) is 5.50. The molecule has 7 nitrogen and oxygen atoms in total. The molecule has 0 unspecified atom stereocenters. The molecule has 0 N–H and O–H groups in total. The lowest BCUT2D eigenvalue weighted by atomic mass is 9.91. The molecule has 0 aliphatic rings. The van der Waals surface area contributed by atoms with E-state index in [1.807, 2.05) is 20.8 Å². The lowest BCUT2D eigenvalue weighted by Gasteiger charge is -2.18. The van der Waals surface area contributed by atoms with Crippen molar-refractivity contribution in [2.24, 2.45) is 19.5 Å². The van der Waals surface area contributed by atoms with E-state index in [4.69, 9.17) is 0 Å². The fourth-order valence-corrected chi connectivity index (χ4v) is 2.45. The van der Waals surface area contributed by atoms with Crippen LogP contribution in [-0.2, 0) is 25.4 Å². The van der Waals surface area contributed by atoms with E-state index >= 15 is 0 Å². The number of hydrogen-bond acceptors (Lipinski definition) is 4. The minimum atomic E-state index is -0.519. The first-order valence-corrected chi connectivity index (χ1v) is 7.20. The maximum Gasteiger partial charge on any atom is 0.332 e. The molecular weight excluding hydrogens is 340 g/mol. The molecule has 2 heterocycles. The molecule has 0 atom stereocenters. The van der Waals surface area contributed by atoms with Crippen LogP contribution in [0.2, 0.25) is 0 Å². The molecule has 114 valence electrons. The third-order valence-corrected chi connectivity index (χ3v) is 4.04. The highest BCUT2D eigenvalue weighted by molar-refractivity contribution is 9.10. The molecule has 0 fully saturated rings. The molecule has 8 heteroatoms. The zero-order valence-electron chi connectivity index (χ0n) is 12.6. The minimum Gasteiger partial charge on any atom is -0.297 e. The monoisotopic (exact) mass is 356 g/mol. The van der Waals surface area contributed by atoms with Crippen molar-refractivity contribution in [2.75, 3.05) is 0 Å². The van der Waals surface area contributed by atoms with Crippen LogP contribution < -0.4 is 11.2 Å². The van der Waals surface area contributed by atoms with Crippen molar-refractivity contribution in [3.63, 3.8) is 0 Å². The second kappa shape index (κ2) is 4.94. The Kier molecular flexibility index (Phi) is 3.69. The van der Waals surface area contributed by atoms with Crippen molar-refractivity contribution in [2.45, 2.75) is 27.3 Å². The largest absolute Gasteiger partial charge is 0.332 e. The summed E-state index contributed by atoms with van der Waals surface area (Å²) in [6, 6.07) is 0. The molecule has 0 aliphatic heterocycles. The van der Waals surface area contributed by atoms with Gasteiger partial charge in [-0.3, -0.25) is 23.3 Å². The quantitative estimate of drug-likeness (QED) is 0.746. The molecule has 2 aromatic heterocycles. The Hall–Kier alpha value is -1.70. The van der Waals surface area contributed by atoms with Crippen molar-refractivity contribution < 1.29 is 4.79 Å². The molecule has 0 aliphatic carbocycles. The van der Waals surface area contributed by atoms with Crippen LogP contribution in [0.1, 0.15) is 20.8 Å². The number of Topliss-reactive ketones (excluding diaryl/α,β-unsaturated/α-hetero) is 1. The van der Waals surface area contributed by atoms with Gasteiger partial charge in [0.2, 0.25) is 0 Å². The third-order valence-electron chi connectivity index (χ3n) is 3.43. The molecule has 0 spiro atoms. The number of halogens is 1. The van der Waals surface area contributed by atoms with E-state index in [1.54, 1.807) is 11.6 Å². The van der Waals surface area contributed by atoms with Gasteiger partial charge in [-0.1, -0.05) is 20.8 Å². The normalized spacial score (nSPS) is 12.1. The van der Waals surface area contributed by atoms with Crippen LogP contribution in [0.15, 0.2) is 14.3 Å². The number of imidazole rings is 1. The molecule has 21 heavy (non-hydrogen) atoms. The summed E-state index contributed by atoms with van der Waals surface area (Å²) in [5.41, 5.74) is -0.949. The first kappa shape index (κ1) is 15.7. The van der Waals surface area contributed by atoms with E-state index in [2.05, 4.69) is 20.9 Å². The molecule has 0 saturated heterocycles. The molecule has 2 rings (SSSR count). The van der Waals surface area contributed by atoms with Gasteiger partial charge in [0, 0.05) is 19.5 Å². The van der Waals surface area contributed by atoms with Crippen LogP contribution in [0.25, 0.3) is 11.2 Å². The van der Waals surface area contributed by atoms with Crippen molar-refractivity contribution >= 4 is 32.9 Å². The fraction of sp³-hybridized carbons (Fsp3) is 0.538. The fourth-order valence-electron chi connectivity index (χ4n) is 1.98. The number of aromatic nitrogens is 4. The number of fused-ring (bicyclic) bond motifs is 1. The summed E-state index contributed by atoms with van der Waals surface area (Å²) in [5, 5.41) is 0. The van der Waals surface area contributed by atoms with Gasteiger partial charge in [-0.15, -0.1) is 0 Å². The summed E-state index contributed by atoms with van der Waals surface area (Å²) in [7, 11) is 2.95. The summed E-state index contributed by atoms with van der Waals surface area (Å²) >= 11 is 3.26. The minimum absolute atomic E-state index is 0.0179. The summed E-state index contributed by atoms with van der Waals surface area (Å²) in [5.74, 6) is -0.0179. The van der Waals surface area contributed by atoms with Crippen molar-refractivity contribution in [1.29, 1.82) is 0 Å². The van der Waals surface area contributed by atoms with Gasteiger partial charge in [0.15, 0.2) is 21.7 Å². The molecule has 0 saturated carbocycles. The van der Waals surface area contributed by atoms with E-state index in [0.717, 1.165) is 4.57 Å². The topological polar surface area (TPSA) is 78.9 Å². The number of ketones is 1. The molecule has 0 amide bonds. The van der Waals surface area contributed by atoms with Crippen LogP contribution in [0.4, 0.5) is 0 Å². The number of aryl methyl sites for hydroxylation is 1. The van der Waals surface area contributed by atoms with Crippen molar-refractivity contribution in [3.8, 4) is 0 Å². The van der Waals surface area contributed by atoms with Gasteiger partial charge in [-0.2, -0.15) is 0 Å². The predicted octanol–water partition coefficient (Wildman–Crippen LogP) is 0.811. The Bertz CT molecular complexity index is 851. The Balaban J connectivity index is 2.78. The number of carbonyl (C=O) groups is 1. The lowest BCUT2D eigenvalue weighted by Crippen LogP contribution is -2.37. The average molecular weight is 357 g/mol. The first-order valence-electron chi connectivity index (χ1n) is 6.40. The van der Waals surface area contributed by atoms with E-state index in [-0.39, 0.29) is 17.8 Å². The van der Waals surface area contributed by atoms with E-state index in [9.17, 15) is 14.4 Å². The zero-order chi connectivity index (χ0) is 16.1. The first-order chi connectivity index (χ1) is 9.55. The Morgan fingerprint density at radius 1 is 1.19 bits per heavy atom. The van der Waals surface area contributed by atoms with E-state index in [0.29, 0.717) is 10.4 Å². The highest BCUT2D eigenvalue weighted by Gasteiger charge is 2.25. The molecule has 2 aromatic rings. The van der Waals surface area contributed by atoms with Crippen molar-refractivity contribution in [3.05, 3.63) is 25.6 Å². The SMILES string of the molecule is Cn1c(=O)c2nc(Br)n(CC(=O)C(C)(C)C)c2n(C)c1=O. The number of carbonyl (C=O) groups excluding carboxylic acids is 1. The molecule has 0 bridgehead atoms. The van der Waals surface area contributed by atoms with Crippen LogP contribution in [0, 0.1) is 5.41 Å². The van der Waals surface area contributed by atoms with Crippen LogP contribution in [-0.4, -0.2) is 24.5 Å². The number of rotatable bonds is 2. The molecule has 0 radical (unpaired) electrons. The smallest absolute Gasteiger partial charge is 0.297 e. The van der Waals surface area contributed by atoms with Gasteiger partial charge in [0.1, 0.15) is 0 Å². The van der Waals surface area contributed by atoms with Crippen LogP contribution >= 0.6 is 15.9 Å². The molecule has 0 aromatic carbocycles. The maximum atomic E-state index is 12.2. The van der Waals surface area contributed by atoms with Crippen LogP contribution in [0.5, 0.6) is 0 Å². The zero-order valence-corrected chi connectivity index (χ0v) is 14.2.